The Morgan fingerprint density at radius 3 is 2.75 bits per heavy atom. The molecule has 0 aromatic carbocycles. The van der Waals surface area contributed by atoms with E-state index >= 15 is 0 Å². The van der Waals surface area contributed by atoms with E-state index in [-0.39, 0.29) is 0 Å². The Kier molecular flexibility index (Phi) is 7.45. The summed E-state index contributed by atoms with van der Waals surface area (Å²) in [6, 6.07) is 0.527. The summed E-state index contributed by atoms with van der Waals surface area (Å²) in [5, 5.41) is 4.29. The Labute approximate surface area is 104 Å². The number of thioether (sulfide) groups is 1. The molecule has 0 spiro atoms. The molecule has 1 N–H and O–H groups in total. The quantitative estimate of drug-likeness (QED) is 0.735. The lowest BCUT2D eigenvalue weighted by atomic mass is 10.2. The molecule has 16 heavy (non-hydrogen) atoms. The van der Waals surface area contributed by atoms with Gasteiger partial charge in [-0.3, -0.25) is 0 Å². The van der Waals surface area contributed by atoms with Crippen LogP contribution in [0.1, 0.15) is 19.8 Å². The number of ether oxygens (including phenoxy) is 1. The van der Waals surface area contributed by atoms with Gasteiger partial charge in [0.2, 0.25) is 0 Å². The molecule has 0 amide bonds. The predicted octanol–water partition coefficient (Wildman–Crippen LogP) is 1.44. The first kappa shape index (κ1) is 14.3. The summed E-state index contributed by atoms with van der Waals surface area (Å²) >= 11 is 2.14. The molecule has 1 rings (SSSR count). The third-order valence-electron chi connectivity index (χ3n) is 3.24. The molecule has 1 atom stereocenters. The van der Waals surface area contributed by atoms with Gasteiger partial charge in [0.05, 0.1) is 6.61 Å². The minimum absolute atomic E-state index is 0.527. The summed E-state index contributed by atoms with van der Waals surface area (Å²) < 4.78 is 5.16. The Morgan fingerprint density at radius 1 is 1.44 bits per heavy atom. The van der Waals surface area contributed by atoms with E-state index in [1.54, 1.807) is 7.11 Å². The number of hydrogen-bond donors (Lipinski definition) is 1. The highest BCUT2D eigenvalue weighted by atomic mass is 32.2. The van der Waals surface area contributed by atoms with Gasteiger partial charge in [0.15, 0.2) is 0 Å². The maximum Gasteiger partial charge on any atom is 0.0615 e. The van der Waals surface area contributed by atoms with Crippen LogP contribution in [0.3, 0.4) is 0 Å². The lowest BCUT2D eigenvalue weighted by Gasteiger charge is -2.26. The minimum Gasteiger partial charge on any atom is -0.383 e. The van der Waals surface area contributed by atoms with Crippen LogP contribution in [0.5, 0.6) is 0 Å². The Balaban J connectivity index is 2.04. The van der Waals surface area contributed by atoms with Crippen molar-refractivity contribution in [2.75, 3.05) is 46.2 Å². The van der Waals surface area contributed by atoms with Crippen LogP contribution in [-0.4, -0.2) is 62.3 Å². The van der Waals surface area contributed by atoms with Crippen LogP contribution >= 0.6 is 11.8 Å². The molecule has 1 unspecified atom stereocenters. The fraction of sp³-hybridized carbons (Fsp3) is 1.00. The summed E-state index contributed by atoms with van der Waals surface area (Å²) in [5.41, 5.74) is 0. The number of nitrogens with zero attached hydrogens (tertiary/aromatic N) is 1. The molecular formula is C12H26N2OS. The van der Waals surface area contributed by atoms with Gasteiger partial charge in [-0.2, -0.15) is 11.8 Å². The highest BCUT2D eigenvalue weighted by Gasteiger charge is 2.14. The summed E-state index contributed by atoms with van der Waals surface area (Å²) in [5.74, 6) is 1.25. The molecule has 1 heterocycles. The van der Waals surface area contributed by atoms with Crippen LogP contribution in [0.4, 0.5) is 0 Å². The molecule has 1 aliphatic rings. The van der Waals surface area contributed by atoms with Crippen molar-refractivity contribution in [3.63, 3.8) is 0 Å². The summed E-state index contributed by atoms with van der Waals surface area (Å²) in [4.78, 5) is 2.39. The van der Waals surface area contributed by atoms with Crippen LogP contribution in [0.2, 0.25) is 0 Å². The Bertz CT molecular complexity index is 174. The third kappa shape index (κ3) is 5.53. The molecule has 0 bridgehead atoms. The van der Waals surface area contributed by atoms with Gasteiger partial charge in [0.1, 0.15) is 0 Å². The van der Waals surface area contributed by atoms with Crippen molar-refractivity contribution in [3.8, 4) is 0 Å². The topological polar surface area (TPSA) is 24.5 Å². The van der Waals surface area contributed by atoms with E-state index < -0.39 is 0 Å². The van der Waals surface area contributed by atoms with E-state index in [4.69, 9.17) is 4.74 Å². The SMILES string of the molecule is COCC(C)N(C)CCSC1CCNCC1. The van der Waals surface area contributed by atoms with Gasteiger partial charge in [-0.1, -0.05) is 0 Å². The lowest BCUT2D eigenvalue weighted by molar-refractivity contribution is 0.119. The van der Waals surface area contributed by atoms with Crippen LogP contribution in [-0.2, 0) is 4.74 Å². The molecule has 0 aromatic rings. The van der Waals surface area contributed by atoms with Gasteiger partial charge in [-0.25, -0.2) is 0 Å². The van der Waals surface area contributed by atoms with Crippen molar-refractivity contribution in [1.29, 1.82) is 0 Å². The van der Waals surface area contributed by atoms with Gasteiger partial charge in [-0.15, -0.1) is 0 Å². The highest BCUT2D eigenvalue weighted by molar-refractivity contribution is 7.99. The smallest absolute Gasteiger partial charge is 0.0615 e. The number of rotatable bonds is 7. The van der Waals surface area contributed by atoms with Gasteiger partial charge in [-0.05, 0) is 39.9 Å². The largest absolute Gasteiger partial charge is 0.383 e. The molecule has 1 fully saturated rings. The summed E-state index contributed by atoms with van der Waals surface area (Å²) in [6.07, 6.45) is 2.67. The highest BCUT2D eigenvalue weighted by Crippen LogP contribution is 2.19. The number of hydrogen-bond acceptors (Lipinski definition) is 4. The predicted molar refractivity (Wildman–Crippen MR) is 72.3 cm³/mol. The monoisotopic (exact) mass is 246 g/mol. The second-order valence-electron chi connectivity index (χ2n) is 4.61. The molecular weight excluding hydrogens is 220 g/mol. The van der Waals surface area contributed by atoms with Crippen molar-refractivity contribution in [2.45, 2.75) is 31.1 Å². The zero-order valence-corrected chi connectivity index (χ0v) is 11.7. The van der Waals surface area contributed by atoms with Crippen molar-refractivity contribution in [3.05, 3.63) is 0 Å². The maximum atomic E-state index is 5.16. The minimum atomic E-state index is 0.527. The van der Waals surface area contributed by atoms with Crippen molar-refractivity contribution >= 4 is 11.8 Å². The van der Waals surface area contributed by atoms with Crippen molar-refractivity contribution in [1.82, 2.24) is 10.2 Å². The number of methoxy groups -OCH3 is 1. The number of nitrogens with one attached hydrogen (secondary N) is 1. The maximum absolute atomic E-state index is 5.16. The summed E-state index contributed by atoms with van der Waals surface area (Å²) in [7, 11) is 3.96. The molecule has 96 valence electrons. The lowest BCUT2D eigenvalue weighted by Crippen LogP contribution is -2.35. The van der Waals surface area contributed by atoms with Gasteiger partial charge >= 0.3 is 0 Å². The number of likely N-dealkylation sites (N-methyl/N-ethyl adjacent to an activating group) is 1. The van der Waals surface area contributed by atoms with E-state index in [2.05, 4.69) is 35.9 Å². The normalized spacial score (nSPS) is 20.2. The second kappa shape index (κ2) is 8.34. The van der Waals surface area contributed by atoms with E-state index in [9.17, 15) is 0 Å². The van der Waals surface area contributed by atoms with E-state index in [1.165, 1.54) is 38.2 Å². The fourth-order valence-electron chi connectivity index (χ4n) is 1.91. The van der Waals surface area contributed by atoms with Gasteiger partial charge < -0.3 is 15.0 Å². The van der Waals surface area contributed by atoms with Crippen LogP contribution in [0.25, 0.3) is 0 Å². The van der Waals surface area contributed by atoms with Crippen LogP contribution < -0.4 is 5.32 Å². The average Bonchev–Trinajstić information content (AvgIpc) is 2.30. The van der Waals surface area contributed by atoms with Crippen molar-refractivity contribution in [2.24, 2.45) is 0 Å². The van der Waals surface area contributed by atoms with E-state index in [1.807, 2.05) is 0 Å². The van der Waals surface area contributed by atoms with Crippen LogP contribution in [0, 0.1) is 0 Å². The molecule has 0 aromatic heterocycles. The van der Waals surface area contributed by atoms with Crippen molar-refractivity contribution < 1.29 is 4.74 Å². The third-order valence-corrected chi connectivity index (χ3v) is 4.61. The average molecular weight is 246 g/mol. The Morgan fingerprint density at radius 2 is 2.12 bits per heavy atom. The molecule has 1 aliphatic heterocycles. The van der Waals surface area contributed by atoms with E-state index in [0.29, 0.717) is 6.04 Å². The first-order chi connectivity index (χ1) is 7.74. The van der Waals surface area contributed by atoms with E-state index in [0.717, 1.165) is 11.9 Å². The first-order valence-electron chi connectivity index (χ1n) is 6.25. The zero-order valence-electron chi connectivity index (χ0n) is 10.9. The fourth-order valence-corrected chi connectivity index (χ4v) is 3.21. The molecule has 0 aliphatic carbocycles. The first-order valence-corrected chi connectivity index (χ1v) is 7.30. The molecule has 4 heteroatoms. The standard InChI is InChI=1S/C12H26N2OS/c1-11(10-15-3)14(2)8-9-16-12-4-6-13-7-5-12/h11-13H,4-10H2,1-3H3. The molecule has 3 nitrogen and oxygen atoms in total. The molecule has 0 saturated carbocycles. The van der Waals surface area contributed by atoms with Gasteiger partial charge in [0, 0.05) is 30.7 Å². The van der Waals surface area contributed by atoms with Crippen LogP contribution in [0.15, 0.2) is 0 Å². The molecule has 0 radical (unpaired) electrons. The number of piperidine rings is 1. The second-order valence-corrected chi connectivity index (χ2v) is 6.01. The zero-order chi connectivity index (χ0) is 11.8. The summed E-state index contributed by atoms with van der Waals surface area (Å²) in [6.45, 7) is 6.62. The Hall–Kier alpha value is 0.230. The molecule has 1 saturated heterocycles. The van der Waals surface area contributed by atoms with Gasteiger partial charge in [0.25, 0.3) is 0 Å².